The van der Waals surface area contributed by atoms with Crippen molar-refractivity contribution in [2.24, 2.45) is 0 Å². The molecule has 0 bridgehead atoms. The highest BCUT2D eigenvalue weighted by Crippen LogP contribution is 2.13. The predicted octanol–water partition coefficient (Wildman–Crippen LogP) is 2.47. The van der Waals surface area contributed by atoms with E-state index in [4.69, 9.17) is 5.11 Å². The van der Waals surface area contributed by atoms with Crippen molar-refractivity contribution in [2.45, 2.75) is 26.2 Å². The molecule has 0 aliphatic carbocycles. The molecule has 0 aliphatic heterocycles. The Morgan fingerprint density at radius 1 is 1.41 bits per heavy atom. The van der Waals surface area contributed by atoms with Crippen LogP contribution in [0.25, 0.3) is 0 Å². The van der Waals surface area contributed by atoms with Crippen molar-refractivity contribution in [3.63, 3.8) is 0 Å². The molecule has 1 N–H and O–H groups in total. The lowest BCUT2D eigenvalue weighted by atomic mass is 10.2. The SMILES string of the molecule is CCCCN(CCC(=O)O)C(=O)c1cccs1. The molecule has 0 saturated heterocycles. The van der Waals surface area contributed by atoms with Crippen LogP contribution < -0.4 is 0 Å². The van der Waals surface area contributed by atoms with E-state index in [-0.39, 0.29) is 18.9 Å². The van der Waals surface area contributed by atoms with Crippen molar-refractivity contribution in [1.82, 2.24) is 4.90 Å². The number of aliphatic carboxylic acids is 1. The van der Waals surface area contributed by atoms with Crippen LogP contribution in [0.15, 0.2) is 17.5 Å². The number of amides is 1. The summed E-state index contributed by atoms with van der Waals surface area (Å²) >= 11 is 1.39. The monoisotopic (exact) mass is 255 g/mol. The van der Waals surface area contributed by atoms with Gasteiger partial charge >= 0.3 is 5.97 Å². The van der Waals surface area contributed by atoms with Crippen molar-refractivity contribution < 1.29 is 14.7 Å². The number of carbonyl (C=O) groups excluding carboxylic acids is 1. The second-order valence-corrected chi connectivity index (χ2v) is 4.71. The molecule has 0 saturated carbocycles. The normalized spacial score (nSPS) is 10.2. The number of carboxylic acids is 1. The van der Waals surface area contributed by atoms with Crippen LogP contribution in [0.4, 0.5) is 0 Å². The van der Waals surface area contributed by atoms with Gasteiger partial charge in [-0.2, -0.15) is 0 Å². The molecular weight excluding hydrogens is 238 g/mol. The minimum atomic E-state index is -0.870. The van der Waals surface area contributed by atoms with Gasteiger partial charge in [0.15, 0.2) is 0 Å². The highest BCUT2D eigenvalue weighted by Gasteiger charge is 2.16. The number of carbonyl (C=O) groups is 2. The molecule has 0 unspecified atom stereocenters. The summed E-state index contributed by atoms with van der Waals surface area (Å²) in [6.07, 6.45) is 1.89. The van der Waals surface area contributed by atoms with Crippen LogP contribution in [0.5, 0.6) is 0 Å². The highest BCUT2D eigenvalue weighted by molar-refractivity contribution is 7.12. The molecule has 1 rings (SSSR count). The van der Waals surface area contributed by atoms with Gasteiger partial charge in [-0.05, 0) is 17.9 Å². The molecule has 0 atom stereocenters. The third kappa shape index (κ3) is 4.56. The zero-order valence-corrected chi connectivity index (χ0v) is 10.7. The van der Waals surface area contributed by atoms with E-state index in [0.717, 1.165) is 12.8 Å². The molecule has 0 aromatic carbocycles. The third-order valence-electron chi connectivity index (χ3n) is 2.40. The molecule has 0 aliphatic rings. The van der Waals surface area contributed by atoms with Crippen LogP contribution in [-0.2, 0) is 4.79 Å². The highest BCUT2D eigenvalue weighted by atomic mass is 32.1. The van der Waals surface area contributed by atoms with Crippen LogP contribution in [0.2, 0.25) is 0 Å². The van der Waals surface area contributed by atoms with Crippen LogP contribution in [0.3, 0.4) is 0 Å². The fourth-order valence-corrected chi connectivity index (χ4v) is 2.14. The smallest absolute Gasteiger partial charge is 0.305 e. The number of carboxylic acid groups (broad SMARTS) is 1. The Labute approximate surface area is 105 Å². The van der Waals surface area contributed by atoms with E-state index in [2.05, 4.69) is 0 Å². The van der Waals surface area contributed by atoms with E-state index in [1.54, 1.807) is 11.0 Å². The molecule has 1 heterocycles. The molecule has 1 amide bonds. The Morgan fingerprint density at radius 2 is 2.18 bits per heavy atom. The Morgan fingerprint density at radius 3 is 2.71 bits per heavy atom. The Bertz CT molecular complexity index is 362. The van der Waals surface area contributed by atoms with Gasteiger partial charge in [0.1, 0.15) is 0 Å². The number of rotatable bonds is 7. The molecule has 5 heteroatoms. The first-order chi connectivity index (χ1) is 8.15. The van der Waals surface area contributed by atoms with Gasteiger partial charge < -0.3 is 10.0 Å². The lowest BCUT2D eigenvalue weighted by Crippen LogP contribution is -2.33. The standard InChI is InChI=1S/C12H17NO3S/c1-2-3-7-13(8-6-11(14)15)12(16)10-5-4-9-17-10/h4-5,9H,2-3,6-8H2,1H3,(H,14,15). The fourth-order valence-electron chi connectivity index (χ4n) is 1.45. The van der Waals surface area contributed by atoms with E-state index < -0.39 is 5.97 Å². The Hall–Kier alpha value is -1.36. The largest absolute Gasteiger partial charge is 0.481 e. The van der Waals surface area contributed by atoms with Gasteiger partial charge in [-0.1, -0.05) is 19.4 Å². The minimum absolute atomic E-state index is 0.000823. The molecule has 94 valence electrons. The van der Waals surface area contributed by atoms with E-state index in [9.17, 15) is 9.59 Å². The number of hydrogen-bond acceptors (Lipinski definition) is 3. The average Bonchev–Trinajstić information content (AvgIpc) is 2.81. The van der Waals surface area contributed by atoms with E-state index in [0.29, 0.717) is 11.4 Å². The van der Waals surface area contributed by atoms with Gasteiger partial charge in [0.25, 0.3) is 5.91 Å². The summed E-state index contributed by atoms with van der Waals surface area (Å²) in [7, 11) is 0. The Kier molecular flexibility index (Phi) is 5.69. The molecule has 1 aromatic heterocycles. The molecule has 0 radical (unpaired) electrons. The maximum atomic E-state index is 12.1. The molecule has 17 heavy (non-hydrogen) atoms. The predicted molar refractivity (Wildman–Crippen MR) is 67.4 cm³/mol. The van der Waals surface area contributed by atoms with Crippen LogP contribution in [0, 0.1) is 0 Å². The van der Waals surface area contributed by atoms with Crippen LogP contribution >= 0.6 is 11.3 Å². The van der Waals surface area contributed by atoms with Gasteiger partial charge in [0.2, 0.25) is 0 Å². The second-order valence-electron chi connectivity index (χ2n) is 3.77. The summed E-state index contributed by atoms with van der Waals surface area (Å²) in [6, 6.07) is 3.60. The first-order valence-corrected chi connectivity index (χ1v) is 6.57. The summed E-state index contributed by atoms with van der Waals surface area (Å²) < 4.78 is 0. The zero-order valence-electron chi connectivity index (χ0n) is 9.89. The van der Waals surface area contributed by atoms with Crippen LogP contribution in [-0.4, -0.2) is 35.0 Å². The lowest BCUT2D eigenvalue weighted by Gasteiger charge is -2.21. The van der Waals surface area contributed by atoms with Crippen LogP contribution in [0.1, 0.15) is 35.9 Å². The van der Waals surface area contributed by atoms with E-state index >= 15 is 0 Å². The number of thiophene rings is 1. The van der Waals surface area contributed by atoms with Gasteiger partial charge in [0.05, 0.1) is 11.3 Å². The fraction of sp³-hybridized carbons (Fsp3) is 0.500. The lowest BCUT2D eigenvalue weighted by molar-refractivity contribution is -0.137. The van der Waals surface area contributed by atoms with Crippen molar-refractivity contribution in [2.75, 3.05) is 13.1 Å². The zero-order chi connectivity index (χ0) is 12.7. The minimum Gasteiger partial charge on any atom is -0.481 e. The third-order valence-corrected chi connectivity index (χ3v) is 3.25. The maximum absolute atomic E-state index is 12.1. The van der Waals surface area contributed by atoms with Gasteiger partial charge in [-0.25, -0.2) is 0 Å². The number of hydrogen-bond donors (Lipinski definition) is 1. The van der Waals surface area contributed by atoms with E-state index in [1.807, 2.05) is 18.4 Å². The maximum Gasteiger partial charge on any atom is 0.305 e. The van der Waals surface area contributed by atoms with Gasteiger partial charge in [-0.3, -0.25) is 9.59 Å². The van der Waals surface area contributed by atoms with Crippen molar-refractivity contribution in [3.05, 3.63) is 22.4 Å². The summed E-state index contributed by atoms with van der Waals surface area (Å²) in [5.41, 5.74) is 0. The molecule has 1 aromatic rings. The van der Waals surface area contributed by atoms with E-state index in [1.165, 1.54) is 11.3 Å². The van der Waals surface area contributed by atoms with Crippen molar-refractivity contribution in [1.29, 1.82) is 0 Å². The molecule has 0 fully saturated rings. The van der Waals surface area contributed by atoms with Gasteiger partial charge in [0, 0.05) is 13.1 Å². The van der Waals surface area contributed by atoms with Crippen molar-refractivity contribution in [3.8, 4) is 0 Å². The summed E-state index contributed by atoms with van der Waals surface area (Å²) in [5.74, 6) is -0.930. The molecular formula is C12H17NO3S. The number of unbranched alkanes of at least 4 members (excludes halogenated alkanes) is 1. The van der Waals surface area contributed by atoms with Gasteiger partial charge in [-0.15, -0.1) is 11.3 Å². The second kappa shape index (κ2) is 7.06. The quantitative estimate of drug-likeness (QED) is 0.814. The first kappa shape index (κ1) is 13.7. The summed E-state index contributed by atoms with van der Waals surface area (Å²) in [5, 5.41) is 10.5. The average molecular weight is 255 g/mol. The Balaban J connectivity index is 2.61. The summed E-state index contributed by atoms with van der Waals surface area (Å²) in [4.78, 5) is 24.9. The summed E-state index contributed by atoms with van der Waals surface area (Å²) in [6.45, 7) is 2.96. The number of nitrogens with zero attached hydrogens (tertiary/aromatic N) is 1. The molecule has 4 nitrogen and oxygen atoms in total. The van der Waals surface area contributed by atoms with Crippen molar-refractivity contribution >= 4 is 23.2 Å². The topological polar surface area (TPSA) is 57.6 Å². The first-order valence-electron chi connectivity index (χ1n) is 5.69. The molecule has 0 spiro atoms.